The monoisotopic (exact) mass is 379 g/mol. The van der Waals surface area contributed by atoms with Gasteiger partial charge in [0, 0.05) is 10.6 Å². The van der Waals surface area contributed by atoms with Crippen LogP contribution in [-0.4, -0.2) is 27.4 Å². The van der Waals surface area contributed by atoms with Crippen LogP contribution in [0.3, 0.4) is 0 Å². The summed E-state index contributed by atoms with van der Waals surface area (Å²) in [7, 11) is 0. The molecule has 136 valence electrons. The van der Waals surface area contributed by atoms with Gasteiger partial charge in [-0.05, 0) is 24.1 Å². The molecule has 0 spiro atoms. The molecule has 1 aromatic carbocycles. The highest BCUT2D eigenvalue weighted by atomic mass is 35.5. The molecule has 1 aromatic heterocycles. The van der Waals surface area contributed by atoms with Crippen LogP contribution in [0.15, 0.2) is 24.4 Å². The van der Waals surface area contributed by atoms with Crippen molar-refractivity contribution in [2.45, 2.75) is 25.1 Å². The Labute approximate surface area is 145 Å². The molecule has 0 aliphatic carbocycles. The second-order valence-corrected chi connectivity index (χ2v) is 5.70. The van der Waals surface area contributed by atoms with Gasteiger partial charge in [0.15, 0.2) is 0 Å². The minimum atomic E-state index is -4.80. The van der Waals surface area contributed by atoms with Gasteiger partial charge >= 0.3 is 6.18 Å². The molecule has 1 amide bonds. The minimum Gasteiger partial charge on any atom is -0.394 e. The van der Waals surface area contributed by atoms with Gasteiger partial charge in [0.2, 0.25) is 5.91 Å². The second-order valence-electron chi connectivity index (χ2n) is 5.29. The van der Waals surface area contributed by atoms with Gasteiger partial charge in [0.1, 0.15) is 11.5 Å². The van der Waals surface area contributed by atoms with Crippen molar-refractivity contribution < 1.29 is 27.5 Å². The third kappa shape index (κ3) is 4.29. The van der Waals surface area contributed by atoms with Gasteiger partial charge in [-0.3, -0.25) is 9.48 Å². The molecule has 5 nitrogen and oxygen atoms in total. The van der Waals surface area contributed by atoms with Crippen LogP contribution in [0, 0.1) is 5.82 Å². The number of aliphatic hydroxyl groups excluding tert-OH is 1. The Morgan fingerprint density at radius 3 is 2.60 bits per heavy atom. The molecule has 1 unspecified atom stereocenters. The van der Waals surface area contributed by atoms with E-state index in [1.807, 2.05) is 0 Å². The third-order valence-electron chi connectivity index (χ3n) is 3.61. The van der Waals surface area contributed by atoms with Crippen LogP contribution >= 0.6 is 11.6 Å². The number of hydrogen-bond acceptors (Lipinski definition) is 3. The van der Waals surface area contributed by atoms with Crippen molar-refractivity contribution in [3.63, 3.8) is 0 Å². The Kier molecular flexibility index (Phi) is 5.69. The van der Waals surface area contributed by atoms with Crippen LogP contribution < -0.4 is 5.73 Å². The fourth-order valence-corrected chi connectivity index (χ4v) is 2.74. The molecular weight excluding hydrogens is 366 g/mol. The lowest BCUT2D eigenvalue weighted by Crippen LogP contribution is -2.27. The van der Waals surface area contributed by atoms with Crippen LogP contribution in [0.4, 0.5) is 17.6 Å². The number of primary amides is 1. The Hall–Kier alpha value is -2.13. The summed E-state index contributed by atoms with van der Waals surface area (Å²) in [6.07, 6.45) is -4.16. The maximum Gasteiger partial charge on any atom is 0.433 e. The zero-order chi connectivity index (χ0) is 18.8. The number of nitrogens with two attached hydrogens (primary N) is 1. The molecule has 1 heterocycles. The molecule has 0 saturated carbocycles. The van der Waals surface area contributed by atoms with Gasteiger partial charge in [0.05, 0.1) is 25.3 Å². The summed E-state index contributed by atoms with van der Waals surface area (Å²) in [5.74, 6) is -2.99. The van der Waals surface area contributed by atoms with E-state index in [0.29, 0.717) is 4.68 Å². The molecule has 2 rings (SSSR count). The largest absolute Gasteiger partial charge is 0.433 e. The first kappa shape index (κ1) is 19.2. The molecule has 25 heavy (non-hydrogen) atoms. The summed E-state index contributed by atoms with van der Waals surface area (Å²) in [5, 5.41) is 12.5. The summed E-state index contributed by atoms with van der Waals surface area (Å²) in [6.45, 7) is -0.952. The van der Waals surface area contributed by atoms with Crippen molar-refractivity contribution in [3.8, 4) is 0 Å². The van der Waals surface area contributed by atoms with Crippen molar-refractivity contribution >= 4 is 17.5 Å². The van der Waals surface area contributed by atoms with E-state index in [-0.39, 0.29) is 17.0 Å². The van der Waals surface area contributed by atoms with Crippen molar-refractivity contribution in [2.24, 2.45) is 5.73 Å². The average Bonchev–Trinajstić information content (AvgIpc) is 2.90. The van der Waals surface area contributed by atoms with E-state index in [2.05, 4.69) is 5.10 Å². The highest BCUT2D eigenvalue weighted by molar-refractivity contribution is 6.31. The number of halogens is 5. The van der Waals surface area contributed by atoms with E-state index in [9.17, 15) is 22.4 Å². The number of carbonyl (C=O) groups excluding carboxylic acids is 1. The van der Waals surface area contributed by atoms with Crippen LogP contribution in [0.1, 0.15) is 22.7 Å². The van der Waals surface area contributed by atoms with E-state index in [4.69, 9.17) is 22.4 Å². The molecule has 3 N–H and O–H groups in total. The van der Waals surface area contributed by atoms with Gasteiger partial charge in [-0.1, -0.05) is 17.7 Å². The highest BCUT2D eigenvalue weighted by Gasteiger charge is 2.41. The lowest BCUT2D eigenvalue weighted by Gasteiger charge is -2.18. The van der Waals surface area contributed by atoms with Crippen LogP contribution in [-0.2, 0) is 23.9 Å². The standard InChI is InChI=1S/C15H14ClF4N3O2/c16-12-6-9(17)2-1-8(12)5-10(14(21)25)11-7-22-23(3-4-24)13(11)15(18,19)20/h1-2,6-7,10,24H,3-5H2,(H2,21,25). The molecular formula is C15H14ClF4N3O2. The van der Waals surface area contributed by atoms with E-state index in [1.165, 1.54) is 6.07 Å². The topological polar surface area (TPSA) is 81.1 Å². The predicted octanol–water partition coefficient (Wildman–Crippen LogP) is 2.50. The van der Waals surface area contributed by atoms with Gasteiger partial charge in [-0.25, -0.2) is 4.39 Å². The molecule has 0 aliphatic heterocycles. The van der Waals surface area contributed by atoms with Crippen LogP contribution in [0.25, 0.3) is 0 Å². The lowest BCUT2D eigenvalue weighted by molar-refractivity contribution is -0.145. The summed E-state index contributed by atoms with van der Waals surface area (Å²) >= 11 is 5.88. The first-order valence-corrected chi connectivity index (χ1v) is 7.50. The van der Waals surface area contributed by atoms with Gasteiger partial charge in [-0.15, -0.1) is 0 Å². The normalized spacial score (nSPS) is 13.0. The van der Waals surface area contributed by atoms with Crippen LogP contribution in [0.2, 0.25) is 5.02 Å². The highest BCUT2D eigenvalue weighted by Crippen LogP contribution is 2.37. The molecule has 0 aliphatic rings. The lowest BCUT2D eigenvalue weighted by atomic mass is 9.91. The number of alkyl halides is 3. The van der Waals surface area contributed by atoms with E-state index < -0.39 is 48.2 Å². The Balaban J connectivity index is 2.49. The summed E-state index contributed by atoms with van der Waals surface area (Å²) < 4.78 is 53.9. The predicted molar refractivity (Wildman–Crippen MR) is 81.4 cm³/mol. The van der Waals surface area contributed by atoms with Crippen molar-refractivity contribution in [1.82, 2.24) is 9.78 Å². The Bertz CT molecular complexity index is 777. The maximum absolute atomic E-state index is 13.4. The van der Waals surface area contributed by atoms with Gasteiger partial charge < -0.3 is 10.8 Å². The fraction of sp³-hybridized carbons (Fsp3) is 0.333. The molecule has 0 radical (unpaired) electrons. The quantitative estimate of drug-likeness (QED) is 0.757. The smallest absolute Gasteiger partial charge is 0.394 e. The van der Waals surface area contributed by atoms with Gasteiger partial charge in [-0.2, -0.15) is 18.3 Å². The molecule has 2 aromatic rings. The SMILES string of the molecule is NC(=O)C(Cc1ccc(F)cc1Cl)c1cnn(CCO)c1C(F)(F)F. The molecule has 0 bridgehead atoms. The number of hydrogen-bond donors (Lipinski definition) is 2. The summed E-state index contributed by atoms with van der Waals surface area (Å²) in [6, 6.07) is 3.35. The molecule has 10 heteroatoms. The summed E-state index contributed by atoms with van der Waals surface area (Å²) in [5.41, 5.74) is 3.97. The zero-order valence-corrected chi connectivity index (χ0v) is 13.5. The Morgan fingerprint density at radius 1 is 1.40 bits per heavy atom. The van der Waals surface area contributed by atoms with E-state index in [0.717, 1.165) is 18.3 Å². The average molecular weight is 380 g/mol. The minimum absolute atomic E-state index is 0.0254. The zero-order valence-electron chi connectivity index (χ0n) is 12.7. The number of aliphatic hydroxyl groups is 1. The van der Waals surface area contributed by atoms with Gasteiger partial charge in [0.25, 0.3) is 0 Å². The third-order valence-corrected chi connectivity index (χ3v) is 3.96. The molecule has 1 atom stereocenters. The van der Waals surface area contributed by atoms with Crippen molar-refractivity contribution in [2.75, 3.05) is 6.61 Å². The number of benzene rings is 1. The molecule has 0 fully saturated rings. The first-order chi connectivity index (χ1) is 11.6. The number of amides is 1. The maximum atomic E-state index is 13.4. The van der Waals surface area contributed by atoms with Crippen molar-refractivity contribution in [1.29, 1.82) is 0 Å². The second kappa shape index (κ2) is 7.40. The van der Waals surface area contributed by atoms with Crippen molar-refractivity contribution in [3.05, 3.63) is 52.1 Å². The fourth-order valence-electron chi connectivity index (χ4n) is 2.50. The first-order valence-electron chi connectivity index (χ1n) is 7.12. The number of aromatic nitrogens is 2. The van der Waals surface area contributed by atoms with E-state index in [1.54, 1.807) is 0 Å². The van der Waals surface area contributed by atoms with E-state index >= 15 is 0 Å². The van der Waals surface area contributed by atoms with Crippen LogP contribution in [0.5, 0.6) is 0 Å². The number of nitrogens with zero attached hydrogens (tertiary/aromatic N) is 2. The summed E-state index contributed by atoms with van der Waals surface area (Å²) in [4.78, 5) is 11.8. The number of rotatable bonds is 6. The number of carbonyl (C=O) groups is 1. The Morgan fingerprint density at radius 2 is 2.08 bits per heavy atom. The molecule has 0 saturated heterocycles.